The minimum atomic E-state index is -4.15. The van der Waals surface area contributed by atoms with Gasteiger partial charge in [-0.15, -0.1) is 0 Å². The zero-order chi connectivity index (χ0) is 37.5. The fourth-order valence-corrected chi connectivity index (χ4v) is 8.86. The summed E-state index contributed by atoms with van der Waals surface area (Å²) in [6.45, 7) is 4.12. The zero-order valence-electron chi connectivity index (χ0n) is 28.5. The highest BCUT2D eigenvalue weighted by atomic mass is 79.9. The summed E-state index contributed by atoms with van der Waals surface area (Å²) in [7, 11) is -8.31. The number of ether oxygens (including phenoxy) is 2. The lowest BCUT2D eigenvalue weighted by atomic mass is 10.2. The molecule has 0 atom stereocenters. The Kier molecular flexibility index (Phi) is 12.9. The quantitative estimate of drug-likeness (QED) is 0.156. The predicted octanol–water partition coefficient (Wildman–Crippen LogP) is 5.77. The summed E-state index contributed by atoms with van der Waals surface area (Å²) in [5.74, 6) is 0.223. The van der Waals surface area contributed by atoms with E-state index in [2.05, 4.69) is 31.9 Å². The van der Waals surface area contributed by atoms with Crippen LogP contribution in [0.3, 0.4) is 0 Å². The van der Waals surface area contributed by atoms with Crippen molar-refractivity contribution in [3.8, 4) is 11.5 Å². The summed E-state index contributed by atoms with van der Waals surface area (Å²) in [6, 6.07) is 25.2. The van der Waals surface area contributed by atoms with Gasteiger partial charge in [-0.25, -0.2) is 16.8 Å². The maximum absolute atomic E-state index is 13.9. The molecule has 0 spiro atoms. The Morgan fingerprint density at radius 3 is 1.15 bits per heavy atom. The van der Waals surface area contributed by atoms with E-state index in [0.29, 0.717) is 33.7 Å². The highest BCUT2D eigenvalue weighted by Crippen LogP contribution is 2.29. The number of rotatable bonds is 14. The molecular weight excluding hydrogens is 840 g/mol. The molecule has 0 aromatic heterocycles. The normalized spacial score (nSPS) is 13.4. The summed E-state index contributed by atoms with van der Waals surface area (Å²) in [4.78, 5) is 30.4. The lowest BCUT2D eigenvalue weighted by Gasteiger charge is -2.37. The van der Waals surface area contributed by atoms with Crippen LogP contribution >= 0.6 is 31.9 Å². The highest BCUT2D eigenvalue weighted by Gasteiger charge is 2.33. The molecule has 4 aromatic rings. The molecule has 16 heteroatoms. The number of anilines is 2. The molecule has 1 heterocycles. The van der Waals surface area contributed by atoms with Gasteiger partial charge in [-0.2, -0.15) is 0 Å². The molecule has 0 N–H and O–H groups in total. The first-order valence-corrected chi connectivity index (χ1v) is 20.9. The van der Waals surface area contributed by atoms with Crippen LogP contribution in [0.2, 0.25) is 0 Å². The lowest BCUT2D eigenvalue weighted by Crippen LogP contribution is -2.55. The van der Waals surface area contributed by atoms with Gasteiger partial charge in [0, 0.05) is 35.1 Å². The standard InChI is InChI=1S/C36H38Br2N4O8S2/c1-3-49-31-13-9-29(10-14-31)41(51(45,46)33-17-5-27(37)6-18-33)25-35(43)39-21-23-40(24-22-39)36(44)26-42(30-11-15-32(16-12-30)50-4-2)52(47,48)34-19-7-28(38)8-20-34/h5-20H,3-4,21-26H2,1-2H3. The Bertz CT molecular complexity index is 1910. The Labute approximate surface area is 321 Å². The predicted molar refractivity (Wildman–Crippen MR) is 206 cm³/mol. The number of hydrogen-bond acceptors (Lipinski definition) is 8. The van der Waals surface area contributed by atoms with Crippen molar-refractivity contribution in [3.63, 3.8) is 0 Å². The number of halogens is 2. The monoisotopic (exact) mass is 876 g/mol. The largest absolute Gasteiger partial charge is 0.494 e. The molecule has 1 saturated heterocycles. The summed E-state index contributed by atoms with van der Waals surface area (Å²) in [5.41, 5.74) is 0.574. The van der Waals surface area contributed by atoms with E-state index in [1.54, 1.807) is 72.8 Å². The summed E-state index contributed by atoms with van der Waals surface area (Å²) in [6.07, 6.45) is 0. The van der Waals surface area contributed by atoms with Gasteiger partial charge in [-0.1, -0.05) is 31.9 Å². The van der Waals surface area contributed by atoms with Crippen molar-refractivity contribution < 1.29 is 35.9 Å². The molecule has 276 valence electrons. The fraction of sp³-hybridized carbons (Fsp3) is 0.278. The Balaban J connectivity index is 1.31. The maximum Gasteiger partial charge on any atom is 0.264 e. The zero-order valence-corrected chi connectivity index (χ0v) is 33.3. The second kappa shape index (κ2) is 17.1. The first-order valence-electron chi connectivity index (χ1n) is 16.4. The van der Waals surface area contributed by atoms with Crippen molar-refractivity contribution >= 4 is 75.1 Å². The van der Waals surface area contributed by atoms with Crippen molar-refractivity contribution in [2.75, 3.05) is 61.1 Å². The number of carbonyl (C=O) groups is 2. The molecule has 1 aliphatic rings. The van der Waals surface area contributed by atoms with E-state index in [1.165, 1.54) is 34.1 Å². The molecule has 5 rings (SSSR count). The molecule has 0 radical (unpaired) electrons. The van der Waals surface area contributed by atoms with Gasteiger partial charge < -0.3 is 19.3 Å². The number of nitrogens with zero attached hydrogens (tertiary/aromatic N) is 4. The first-order chi connectivity index (χ1) is 24.8. The molecule has 0 bridgehead atoms. The molecule has 52 heavy (non-hydrogen) atoms. The van der Waals surface area contributed by atoms with E-state index >= 15 is 0 Å². The van der Waals surface area contributed by atoms with Crippen molar-refractivity contribution in [1.82, 2.24) is 9.80 Å². The molecule has 0 aliphatic carbocycles. The van der Waals surface area contributed by atoms with E-state index < -0.39 is 45.0 Å². The number of piperazine rings is 1. The molecule has 12 nitrogen and oxygen atoms in total. The Hall–Kier alpha value is -4.12. The maximum atomic E-state index is 13.9. The number of hydrogen-bond donors (Lipinski definition) is 0. The third-order valence-electron chi connectivity index (χ3n) is 8.22. The Morgan fingerprint density at radius 2 is 0.865 bits per heavy atom. The molecular formula is C36H38Br2N4O8S2. The minimum absolute atomic E-state index is 0.0166. The second-order valence-electron chi connectivity index (χ2n) is 11.5. The summed E-state index contributed by atoms with van der Waals surface area (Å²) >= 11 is 6.66. The Morgan fingerprint density at radius 1 is 0.558 bits per heavy atom. The van der Waals surface area contributed by atoms with Gasteiger partial charge in [-0.05, 0) is 111 Å². The van der Waals surface area contributed by atoms with Crippen LogP contribution in [0.25, 0.3) is 0 Å². The summed E-state index contributed by atoms with van der Waals surface area (Å²) in [5, 5.41) is 0. The van der Waals surface area contributed by atoms with Crippen LogP contribution in [0.5, 0.6) is 11.5 Å². The van der Waals surface area contributed by atoms with E-state index in [1.807, 2.05) is 13.8 Å². The van der Waals surface area contributed by atoms with Crippen LogP contribution < -0.4 is 18.1 Å². The van der Waals surface area contributed by atoms with Gasteiger partial charge in [0.25, 0.3) is 20.0 Å². The third-order valence-corrected chi connectivity index (χ3v) is 12.9. The van der Waals surface area contributed by atoms with Gasteiger partial charge in [0.2, 0.25) is 11.8 Å². The van der Waals surface area contributed by atoms with E-state index in [-0.39, 0.29) is 47.3 Å². The second-order valence-corrected chi connectivity index (χ2v) is 17.1. The van der Waals surface area contributed by atoms with Crippen LogP contribution in [0.4, 0.5) is 11.4 Å². The number of amides is 2. The molecule has 0 unspecified atom stereocenters. The number of carbonyl (C=O) groups excluding carboxylic acids is 2. The summed E-state index contributed by atoms with van der Waals surface area (Å²) < 4.78 is 70.1. The van der Waals surface area contributed by atoms with Gasteiger partial charge in [0.15, 0.2) is 0 Å². The van der Waals surface area contributed by atoms with Gasteiger partial charge >= 0.3 is 0 Å². The smallest absolute Gasteiger partial charge is 0.264 e. The van der Waals surface area contributed by atoms with Crippen molar-refractivity contribution in [2.45, 2.75) is 23.6 Å². The van der Waals surface area contributed by atoms with Crippen LogP contribution in [0.1, 0.15) is 13.8 Å². The minimum Gasteiger partial charge on any atom is -0.494 e. The first kappa shape index (κ1) is 39.1. The van der Waals surface area contributed by atoms with Crippen molar-refractivity contribution in [1.29, 1.82) is 0 Å². The number of benzene rings is 4. The third kappa shape index (κ3) is 9.26. The van der Waals surface area contributed by atoms with E-state index in [0.717, 1.165) is 8.61 Å². The van der Waals surface area contributed by atoms with Gasteiger partial charge in [0.05, 0.1) is 34.4 Å². The van der Waals surface area contributed by atoms with Crippen LogP contribution in [0.15, 0.2) is 116 Å². The molecule has 1 aliphatic heterocycles. The topological polar surface area (TPSA) is 134 Å². The lowest BCUT2D eigenvalue weighted by molar-refractivity contribution is -0.137. The van der Waals surface area contributed by atoms with Crippen molar-refractivity contribution in [3.05, 3.63) is 106 Å². The fourth-order valence-electron chi connectivity index (χ4n) is 5.50. The van der Waals surface area contributed by atoms with Crippen LogP contribution in [0, 0.1) is 0 Å². The van der Waals surface area contributed by atoms with Crippen molar-refractivity contribution in [2.24, 2.45) is 0 Å². The highest BCUT2D eigenvalue weighted by molar-refractivity contribution is 9.10. The number of sulfonamides is 2. The van der Waals surface area contributed by atoms with Gasteiger partial charge in [-0.3, -0.25) is 18.2 Å². The van der Waals surface area contributed by atoms with E-state index in [4.69, 9.17) is 9.47 Å². The average Bonchev–Trinajstić information content (AvgIpc) is 3.14. The average molecular weight is 879 g/mol. The van der Waals surface area contributed by atoms with Gasteiger partial charge in [0.1, 0.15) is 24.6 Å². The molecule has 0 saturated carbocycles. The molecule has 1 fully saturated rings. The van der Waals surface area contributed by atoms with Crippen LogP contribution in [-0.4, -0.2) is 90.9 Å². The SMILES string of the molecule is CCOc1ccc(N(CC(=O)N2CCN(C(=O)CN(c3ccc(OCC)cc3)S(=O)(=O)c3ccc(Br)cc3)CC2)S(=O)(=O)c2ccc(Br)cc2)cc1. The van der Waals surface area contributed by atoms with E-state index in [9.17, 15) is 26.4 Å². The molecule has 2 amide bonds. The molecule has 4 aromatic carbocycles. The van der Waals surface area contributed by atoms with Crippen LogP contribution in [-0.2, 0) is 29.6 Å².